The standard InChI is InChI=1S/C14H16N2O4S/c1-10(20-11-5-3-2-4-6-11)13(18)15-7-8-16-12(17)9-21-14(16)19/h2-6,10H,7-9H2,1H3,(H,15,18)/t10-/m0/s1. The van der Waals surface area contributed by atoms with Crippen molar-refractivity contribution in [1.29, 1.82) is 0 Å². The predicted octanol–water partition coefficient (Wildman–Crippen LogP) is 1.27. The maximum absolute atomic E-state index is 11.9. The van der Waals surface area contributed by atoms with Crippen LogP contribution in [0.5, 0.6) is 5.75 Å². The van der Waals surface area contributed by atoms with Crippen LogP contribution in [0.3, 0.4) is 0 Å². The van der Waals surface area contributed by atoms with E-state index in [0.717, 1.165) is 16.7 Å². The Morgan fingerprint density at radius 1 is 1.38 bits per heavy atom. The highest BCUT2D eigenvalue weighted by molar-refractivity contribution is 8.14. The average molecular weight is 308 g/mol. The number of hydrogen-bond donors (Lipinski definition) is 1. The Morgan fingerprint density at radius 2 is 2.10 bits per heavy atom. The molecule has 0 spiro atoms. The van der Waals surface area contributed by atoms with E-state index in [-0.39, 0.29) is 35.9 Å². The fourth-order valence-electron chi connectivity index (χ4n) is 1.79. The third-order valence-electron chi connectivity index (χ3n) is 2.90. The molecule has 112 valence electrons. The molecule has 1 saturated heterocycles. The van der Waals surface area contributed by atoms with Gasteiger partial charge in [0.2, 0.25) is 5.91 Å². The lowest BCUT2D eigenvalue weighted by molar-refractivity contribution is -0.128. The lowest BCUT2D eigenvalue weighted by atomic mass is 10.3. The first-order chi connectivity index (χ1) is 10.1. The van der Waals surface area contributed by atoms with Gasteiger partial charge in [-0.15, -0.1) is 0 Å². The van der Waals surface area contributed by atoms with Crippen LogP contribution >= 0.6 is 11.8 Å². The summed E-state index contributed by atoms with van der Waals surface area (Å²) in [6.45, 7) is 2.05. The Kier molecular flexibility index (Phi) is 5.21. The SMILES string of the molecule is C[C@H](Oc1ccccc1)C(=O)NCCN1C(=O)CSC1=O. The van der Waals surface area contributed by atoms with Crippen LogP contribution < -0.4 is 10.1 Å². The van der Waals surface area contributed by atoms with Gasteiger partial charge in [0.25, 0.3) is 11.1 Å². The number of imide groups is 1. The number of ether oxygens (including phenoxy) is 1. The molecule has 0 aromatic heterocycles. The highest BCUT2D eigenvalue weighted by Crippen LogP contribution is 2.17. The van der Waals surface area contributed by atoms with Gasteiger partial charge in [-0.1, -0.05) is 30.0 Å². The zero-order chi connectivity index (χ0) is 15.2. The number of rotatable bonds is 6. The lowest BCUT2D eigenvalue weighted by Crippen LogP contribution is -2.42. The van der Waals surface area contributed by atoms with E-state index in [1.165, 1.54) is 0 Å². The normalized spacial score (nSPS) is 16.0. The highest BCUT2D eigenvalue weighted by Gasteiger charge is 2.29. The Bertz CT molecular complexity index is 519. The zero-order valence-electron chi connectivity index (χ0n) is 11.6. The van der Waals surface area contributed by atoms with E-state index < -0.39 is 6.10 Å². The topological polar surface area (TPSA) is 75.7 Å². The van der Waals surface area contributed by atoms with Crippen LogP contribution in [0, 0.1) is 0 Å². The third-order valence-corrected chi connectivity index (χ3v) is 3.76. The minimum absolute atomic E-state index is 0.181. The van der Waals surface area contributed by atoms with E-state index in [9.17, 15) is 14.4 Å². The molecule has 21 heavy (non-hydrogen) atoms. The van der Waals surface area contributed by atoms with E-state index in [0.29, 0.717) is 5.75 Å². The summed E-state index contributed by atoms with van der Waals surface area (Å²) in [7, 11) is 0. The molecule has 0 unspecified atom stereocenters. The fourth-order valence-corrected chi connectivity index (χ4v) is 2.54. The van der Waals surface area contributed by atoms with Crippen molar-refractivity contribution in [3.63, 3.8) is 0 Å². The van der Waals surface area contributed by atoms with Crippen molar-refractivity contribution < 1.29 is 19.1 Å². The third kappa shape index (κ3) is 4.22. The van der Waals surface area contributed by atoms with Crippen LogP contribution in [0.25, 0.3) is 0 Å². The number of nitrogens with one attached hydrogen (secondary N) is 1. The van der Waals surface area contributed by atoms with Gasteiger partial charge < -0.3 is 10.1 Å². The van der Waals surface area contributed by atoms with Gasteiger partial charge >= 0.3 is 0 Å². The monoisotopic (exact) mass is 308 g/mol. The minimum atomic E-state index is -0.647. The zero-order valence-corrected chi connectivity index (χ0v) is 12.4. The molecule has 1 aliphatic heterocycles. The second-order valence-corrected chi connectivity index (χ2v) is 5.39. The molecule has 0 bridgehead atoms. The summed E-state index contributed by atoms with van der Waals surface area (Å²) in [6, 6.07) is 9.04. The summed E-state index contributed by atoms with van der Waals surface area (Å²) in [5, 5.41) is 2.39. The van der Waals surface area contributed by atoms with E-state index in [1.807, 2.05) is 18.2 Å². The van der Waals surface area contributed by atoms with Crippen LogP contribution in [0.4, 0.5) is 4.79 Å². The predicted molar refractivity (Wildman–Crippen MR) is 79.1 cm³/mol. The first-order valence-corrected chi connectivity index (χ1v) is 7.53. The van der Waals surface area contributed by atoms with E-state index in [2.05, 4.69) is 5.32 Å². The number of benzene rings is 1. The van der Waals surface area contributed by atoms with Crippen LogP contribution in [0.15, 0.2) is 30.3 Å². The van der Waals surface area contributed by atoms with Gasteiger partial charge in [-0.2, -0.15) is 0 Å². The van der Waals surface area contributed by atoms with Crippen LogP contribution in [-0.2, 0) is 9.59 Å². The van der Waals surface area contributed by atoms with Crippen LogP contribution in [-0.4, -0.2) is 46.9 Å². The Balaban J connectivity index is 1.74. The fraction of sp³-hybridized carbons (Fsp3) is 0.357. The quantitative estimate of drug-likeness (QED) is 0.856. The summed E-state index contributed by atoms with van der Waals surface area (Å²) < 4.78 is 5.48. The molecule has 0 radical (unpaired) electrons. The first-order valence-electron chi connectivity index (χ1n) is 6.54. The summed E-state index contributed by atoms with van der Waals surface area (Å²) in [5.74, 6) is 0.292. The second-order valence-electron chi connectivity index (χ2n) is 4.46. The second kappa shape index (κ2) is 7.12. The van der Waals surface area contributed by atoms with E-state index >= 15 is 0 Å². The summed E-state index contributed by atoms with van der Waals surface area (Å²) in [6.07, 6.45) is -0.647. The number of amides is 3. The van der Waals surface area contributed by atoms with Crippen LogP contribution in [0.2, 0.25) is 0 Å². The maximum atomic E-state index is 11.9. The van der Waals surface area contributed by atoms with Gasteiger partial charge in [0, 0.05) is 13.1 Å². The minimum Gasteiger partial charge on any atom is -0.481 e. The number of carbonyl (C=O) groups excluding carboxylic acids is 3. The van der Waals surface area contributed by atoms with Gasteiger partial charge in [0.05, 0.1) is 5.75 Å². The largest absolute Gasteiger partial charge is 0.481 e. The van der Waals surface area contributed by atoms with Crippen molar-refractivity contribution in [3.8, 4) is 5.75 Å². The molecular formula is C14H16N2O4S. The Labute approximate surface area is 126 Å². The van der Waals surface area contributed by atoms with Gasteiger partial charge in [-0.3, -0.25) is 19.3 Å². The average Bonchev–Trinajstić information content (AvgIpc) is 2.80. The van der Waals surface area contributed by atoms with Gasteiger partial charge in [-0.25, -0.2) is 0 Å². The molecule has 6 nitrogen and oxygen atoms in total. The van der Waals surface area contributed by atoms with Crippen molar-refractivity contribution in [2.24, 2.45) is 0 Å². The molecule has 1 heterocycles. The van der Waals surface area contributed by atoms with Gasteiger partial charge in [0.15, 0.2) is 6.10 Å². The smallest absolute Gasteiger partial charge is 0.288 e. The van der Waals surface area contributed by atoms with Crippen molar-refractivity contribution in [2.75, 3.05) is 18.8 Å². The molecule has 7 heteroatoms. The number of nitrogens with zero attached hydrogens (tertiary/aromatic N) is 1. The van der Waals surface area contributed by atoms with Crippen molar-refractivity contribution in [2.45, 2.75) is 13.0 Å². The number of para-hydroxylation sites is 1. The number of carbonyl (C=O) groups is 3. The molecule has 2 rings (SSSR count). The maximum Gasteiger partial charge on any atom is 0.288 e. The molecule has 1 aromatic rings. The van der Waals surface area contributed by atoms with Gasteiger partial charge in [0.1, 0.15) is 5.75 Å². The number of hydrogen-bond acceptors (Lipinski definition) is 5. The molecule has 1 fully saturated rings. The lowest BCUT2D eigenvalue weighted by Gasteiger charge is -2.16. The molecule has 1 N–H and O–H groups in total. The van der Waals surface area contributed by atoms with Crippen LogP contribution in [0.1, 0.15) is 6.92 Å². The molecule has 3 amide bonds. The summed E-state index contributed by atoms with van der Waals surface area (Å²) in [5.41, 5.74) is 0. The van der Waals surface area contributed by atoms with Gasteiger partial charge in [-0.05, 0) is 19.1 Å². The van der Waals surface area contributed by atoms with E-state index in [4.69, 9.17) is 4.74 Å². The molecule has 1 aliphatic rings. The Hall–Kier alpha value is -2.02. The first kappa shape index (κ1) is 15.4. The van der Waals surface area contributed by atoms with Crippen molar-refractivity contribution >= 4 is 28.8 Å². The van der Waals surface area contributed by atoms with E-state index in [1.54, 1.807) is 19.1 Å². The summed E-state index contributed by atoms with van der Waals surface area (Å²) >= 11 is 0.980. The summed E-state index contributed by atoms with van der Waals surface area (Å²) in [4.78, 5) is 35.7. The molecule has 0 aliphatic carbocycles. The molecule has 0 saturated carbocycles. The molecule has 1 aromatic carbocycles. The van der Waals surface area contributed by atoms with Crippen molar-refractivity contribution in [1.82, 2.24) is 10.2 Å². The highest BCUT2D eigenvalue weighted by atomic mass is 32.2. The van der Waals surface area contributed by atoms with Crippen molar-refractivity contribution in [3.05, 3.63) is 30.3 Å². The molecule has 1 atom stereocenters. The Morgan fingerprint density at radius 3 is 2.71 bits per heavy atom. The molecular weight excluding hydrogens is 292 g/mol. The number of thioether (sulfide) groups is 1.